The quantitative estimate of drug-likeness (QED) is 0.758. The second kappa shape index (κ2) is 7.50. The molecule has 17 heavy (non-hydrogen) atoms. The largest absolute Gasteiger partial charge is 0.381 e. The van der Waals surface area contributed by atoms with Crippen molar-refractivity contribution in [2.75, 3.05) is 13.2 Å². The van der Waals surface area contributed by atoms with Crippen molar-refractivity contribution in [1.82, 2.24) is 0 Å². The molecule has 0 amide bonds. The highest BCUT2D eigenvalue weighted by molar-refractivity contribution is 5.14. The fourth-order valence-electron chi connectivity index (χ4n) is 2.66. The van der Waals surface area contributed by atoms with Crippen LogP contribution in [0.2, 0.25) is 0 Å². The number of hydrogen-bond donors (Lipinski definition) is 0. The van der Waals surface area contributed by atoms with Crippen molar-refractivity contribution in [2.24, 2.45) is 5.92 Å². The minimum atomic E-state index is 0.914. The Hall–Kier alpha value is -0.820. The Morgan fingerprint density at radius 2 is 1.71 bits per heavy atom. The third-order valence-corrected chi connectivity index (χ3v) is 3.74. The summed E-state index contributed by atoms with van der Waals surface area (Å²) in [6.45, 7) is 1.95. The maximum Gasteiger partial charge on any atom is 0.0466 e. The monoisotopic (exact) mass is 232 g/mol. The van der Waals surface area contributed by atoms with Gasteiger partial charge in [-0.05, 0) is 43.6 Å². The van der Waals surface area contributed by atoms with E-state index in [1.807, 2.05) is 0 Å². The average molecular weight is 232 g/mol. The summed E-state index contributed by atoms with van der Waals surface area (Å²) in [5.41, 5.74) is 1.49. The number of hydrogen-bond acceptors (Lipinski definition) is 1. The van der Waals surface area contributed by atoms with Crippen molar-refractivity contribution in [1.29, 1.82) is 0 Å². The Morgan fingerprint density at radius 1 is 0.941 bits per heavy atom. The van der Waals surface area contributed by atoms with Gasteiger partial charge in [-0.1, -0.05) is 43.2 Å². The average Bonchev–Trinajstić information content (AvgIpc) is 2.51. The Kier molecular flexibility index (Phi) is 5.57. The molecule has 1 aliphatic heterocycles. The molecule has 1 saturated heterocycles. The van der Waals surface area contributed by atoms with Gasteiger partial charge in [-0.15, -0.1) is 0 Å². The van der Waals surface area contributed by atoms with Crippen molar-refractivity contribution in [3.8, 4) is 0 Å². The fraction of sp³-hybridized carbons (Fsp3) is 0.625. The highest BCUT2D eigenvalue weighted by Crippen LogP contribution is 2.22. The zero-order valence-electron chi connectivity index (χ0n) is 10.7. The molecular weight excluding hydrogens is 208 g/mol. The van der Waals surface area contributed by atoms with Crippen molar-refractivity contribution >= 4 is 0 Å². The van der Waals surface area contributed by atoms with Crippen molar-refractivity contribution in [3.63, 3.8) is 0 Å². The van der Waals surface area contributed by atoms with Gasteiger partial charge < -0.3 is 4.74 Å². The van der Waals surface area contributed by atoms with Crippen LogP contribution < -0.4 is 0 Å². The second-order valence-corrected chi connectivity index (χ2v) is 5.14. The molecule has 0 aromatic heterocycles. The Labute approximate surface area is 105 Å². The van der Waals surface area contributed by atoms with Crippen LogP contribution in [-0.4, -0.2) is 13.2 Å². The summed E-state index contributed by atoms with van der Waals surface area (Å²) >= 11 is 0. The lowest BCUT2D eigenvalue weighted by atomic mass is 9.91. The topological polar surface area (TPSA) is 9.23 Å². The smallest absolute Gasteiger partial charge is 0.0466 e. The van der Waals surface area contributed by atoms with Gasteiger partial charge in [0.15, 0.2) is 0 Å². The first-order chi connectivity index (χ1) is 8.45. The third-order valence-electron chi connectivity index (χ3n) is 3.74. The summed E-state index contributed by atoms with van der Waals surface area (Å²) in [5, 5.41) is 0. The SMILES string of the molecule is c1ccc(CCC2CCCCOCCC2)cc1. The van der Waals surface area contributed by atoms with Gasteiger partial charge in [0, 0.05) is 13.2 Å². The summed E-state index contributed by atoms with van der Waals surface area (Å²) in [5.74, 6) is 0.914. The van der Waals surface area contributed by atoms with Gasteiger partial charge in [-0.2, -0.15) is 0 Å². The van der Waals surface area contributed by atoms with Gasteiger partial charge in [0.2, 0.25) is 0 Å². The van der Waals surface area contributed by atoms with Crippen LogP contribution in [0.5, 0.6) is 0 Å². The molecular formula is C16H24O. The van der Waals surface area contributed by atoms with Crippen LogP contribution in [0, 0.1) is 5.92 Å². The van der Waals surface area contributed by atoms with Crippen LogP contribution in [0.25, 0.3) is 0 Å². The van der Waals surface area contributed by atoms with Crippen molar-refractivity contribution in [3.05, 3.63) is 35.9 Å². The van der Waals surface area contributed by atoms with E-state index >= 15 is 0 Å². The molecule has 1 aromatic rings. The van der Waals surface area contributed by atoms with E-state index in [2.05, 4.69) is 30.3 Å². The van der Waals surface area contributed by atoms with E-state index in [9.17, 15) is 0 Å². The van der Waals surface area contributed by atoms with Gasteiger partial charge in [0.25, 0.3) is 0 Å². The predicted octanol–water partition coefficient (Wildman–Crippen LogP) is 4.22. The maximum absolute atomic E-state index is 5.57. The molecule has 1 aromatic carbocycles. The summed E-state index contributed by atoms with van der Waals surface area (Å²) < 4.78 is 5.57. The van der Waals surface area contributed by atoms with Gasteiger partial charge >= 0.3 is 0 Å². The van der Waals surface area contributed by atoms with Gasteiger partial charge in [0.1, 0.15) is 0 Å². The summed E-state index contributed by atoms with van der Waals surface area (Å²) in [6, 6.07) is 10.9. The van der Waals surface area contributed by atoms with Crippen LogP contribution in [0.4, 0.5) is 0 Å². The molecule has 1 unspecified atom stereocenters. The molecule has 0 saturated carbocycles. The van der Waals surface area contributed by atoms with E-state index < -0.39 is 0 Å². The highest BCUT2D eigenvalue weighted by atomic mass is 16.5. The first-order valence-electron chi connectivity index (χ1n) is 7.07. The molecule has 1 heterocycles. The van der Waals surface area contributed by atoms with E-state index in [1.54, 1.807) is 0 Å². The van der Waals surface area contributed by atoms with E-state index in [0.717, 1.165) is 19.1 Å². The first kappa shape index (κ1) is 12.6. The lowest BCUT2D eigenvalue weighted by Crippen LogP contribution is -2.03. The van der Waals surface area contributed by atoms with Crippen molar-refractivity contribution < 1.29 is 4.74 Å². The van der Waals surface area contributed by atoms with E-state index in [1.165, 1.54) is 50.5 Å². The second-order valence-electron chi connectivity index (χ2n) is 5.14. The standard InChI is InChI=1S/C16H24O/c1-2-7-15(8-3-1)11-12-16-9-4-5-13-17-14-6-10-16/h1-3,7-8,16H,4-6,9-14H2. The number of rotatable bonds is 3. The first-order valence-corrected chi connectivity index (χ1v) is 7.07. The molecule has 0 bridgehead atoms. The lowest BCUT2D eigenvalue weighted by molar-refractivity contribution is 0.130. The van der Waals surface area contributed by atoms with Crippen LogP contribution in [0.3, 0.4) is 0 Å². The Bertz CT molecular complexity index is 284. The number of aryl methyl sites for hydroxylation is 1. The zero-order chi connectivity index (χ0) is 11.8. The minimum absolute atomic E-state index is 0.914. The van der Waals surface area contributed by atoms with Crippen LogP contribution in [-0.2, 0) is 11.2 Å². The van der Waals surface area contributed by atoms with Gasteiger partial charge in [-0.3, -0.25) is 0 Å². The highest BCUT2D eigenvalue weighted by Gasteiger charge is 2.10. The lowest BCUT2D eigenvalue weighted by Gasteiger charge is -2.15. The molecule has 1 fully saturated rings. The third kappa shape index (κ3) is 4.91. The molecule has 1 heteroatoms. The van der Waals surface area contributed by atoms with Gasteiger partial charge in [-0.25, -0.2) is 0 Å². The normalized spacial score (nSPS) is 22.5. The minimum Gasteiger partial charge on any atom is -0.381 e. The van der Waals surface area contributed by atoms with Crippen molar-refractivity contribution in [2.45, 2.75) is 44.9 Å². The molecule has 0 spiro atoms. The summed E-state index contributed by atoms with van der Waals surface area (Å²) in [6.07, 6.45) is 9.19. The predicted molar refractivity (Wildman–Crippen MR) is 72.2 cm³/mol. The molecule has 0 aliphatic carbocycles. The van der Waals surface area contributed by atoms with E-state index in [0.29, 0.717) is 0 Å². The zero-order valence-corrected chi connectivity index (χ0v) is 10.7. The van der Waals surface area contributed by atoms with Crippen LogP contribution in [0.1, 0.15) is 44.1 Å². The van der Waals surface area contributed by atoms with Crippen LogP contribution >= 0.6 is 0 Å². The molecule has 0 radical (unpaired) electrons. The maximum atomic E-state index is 5.57. The molecule has 1 nitrogen and oxygen atoms in total. The number of ether oxygens (including phenoxy) is 1. The van der Waals surface area contributed by atoms with E-state index in [4.69, 9.17) is 4.74 Å². The summed E-state index contributed by atoms with van der Waals surface area (Å²) in [4.78, 5) is 0. The molecule has 1 atom stereocenters. The van der Waals surface area contributed by atoms with E-state index in [-0.39, 0.29) is 0 Å². The Balaban J connectivity index is 1.76. The fourth-order valence-corrected chi connectivity index (χ4v) is 2.66. The molecule has 1 aliphatic rings. The number of benzene rings is 1. The van der Waals surface area contributed by atoms with Gasteiger partial charge in [0.05, 0.1) is 0 Å². The summed E-state index contributed by atoms with van der Waals surface area (Å²) in [7, 11) is 0. The van der Waals surface area contributed by atoms with Crippen LogP contribution in [0.15, 0.2) is 30.3 Å². The molecule has 94 valence electrons. The molecule has 0 N–H and O–H groups in total. The Morgan fingerprint density at radius 3 is 2.59 bits per heavy atom. The molecule has 2 rings (SSSR count).